The van der Waals surface area contributed by atoms with E-state index >= 15 is 0 Å². The Morgan fingerprint density at radius 3 is 2.67 bits per heavy atom. The predicted octanol–water partition coefficient (Wildman–Crippen LogP) is 2.04. The van der Waals surface area contributed by atoms with Gasteiger partial charge in [-0.2, -0.15) is 0 Å². The molecule has 1 fully saturated rings. The highest BCUT2D eigenvalue weighted by atomic mass is 127. The van der Waals surface area contributed by atoms with Gasteiger partial charge in [-0.05, 0) is 46.9 Å². The Morgan fingerprint density at radius 1 is 1.43 bits per heavy atom. The lowest BCUT2D eigenvalue weighted by Crippen LogP contribution is -2.42. The van der Waals surface area contributed by atoms with Gasteiger partial charge in [0.05, 0.1) is 18.7 Å². The van der Waals surface area contributed by atoms with E-state index < -0.39 is 6.04 Å². The Morgan fingerprint density at radius 2 is 2.10 bits per heavy atom. The first kappa shape index (κ1) is 15.7. The summed E-state index contributed by atoms with van der Waals surface area (Å²) in [6.07, 6.45) is 7.17. The molecule has 5 heteroatoms. The highest BCUT2D eigenvalue weighted by Gasteiger charge is 2.42. The molecule has 2 amide bonds. The van der Waals surface area contributed by atoms with Crippen LogP contribution in [0.4, 0.5) is 5.69 Å². The van der Waals surface area contributed by atoms with Crippen molar-refractivity contribution in [2.75, 3.05) is 18.0 Å². The minimum Gasteiger partial charge on any atom is -0.277 e. The lowest BCUT2D eigenvalue weighted by atomic mass is 10.2. The molecule has 1 unspecified atom stereocenters. The lowest BCUT2D eigenvalue weighted by Gasteiger charge is -2.23. The van der Waals surface area contributed by atoms with E-state index in [2.05, 4.69) is 35.1 Å². The number of nitrogens with zero attached hydrogens (tertiary/aromatic N) is 2. The second kappa shape index (κ2) is 6.87. The number of anilines is 1. The van der Waals surface area contributed by atoms with E-state index in [4.69, 9.17) is 6.42 Å². The van der Waals surface area contributed by atoms with E-state index in [1.165, 1.54) is 4.90 Å². The normalized spacial score (nSPS) is 18.1. The van der Waals surface area contributed by atoms with Crippen LogP contribution in [0.1, 0.15) is 6.42 Å². The van der Waals surface area contributed by atoms with Crippen LogP contribution in [-0.2, 0) is 9.59 Å². The highest BCUT2D eigenvalue weighted by molar-refractivity contribution is 14.1. The van der Waals surface area contributed by atoms with Crippen LogP contribution in [0.3, 0.4) is 0 Å². The smallest absolute Gasteiger partial charge is 0.251 e. The van der Waals surface area contributed by atoms with Gasteiger partial charge < -0.3 is 0 Å². The maximum Gasteiger partial charge on any atom is 0.251 e. The molecule has 0 N–H and O–H groups in total. The predicted molar refractivity (Wildman–Crippen MR) is 90.7 cm³/mol. The number of imide groups is 1. The average Bonchev–Trinajstić information content (AvgIpc) is 2.75. The fourth-order valence-electron chi connectivity index (χ4n) is 2.35. The first-order valence-electron chi connectivity index (χ1n) is 6.49. The molecule has 0 saturated carbocycles. The number of carbonyl (C=O) groups is 2. The molecule has 0 spiro atoms. The van der Waals surface area contributed by atoms with Crippen LogP contribution in [0.15, 0.2) is 36.9 Å². The van der Waals surface area contributed by atoms with Gasteiger partial charge in [0, 0.05) is 10.1 Å². The molecule has 1 saturated heterocycles. The Balaban J connectivity index is 2.25. The molecule has 0 aliphatic carbocycles. The van der Waals surface area contributed by atoms with Gasteiger partial charge in [0.2, 0.25) is 5.91 Å². The number of amides is 2. The summed E-state index contributed by atoms with van der Waals surface area (Å²) in [7, 11) is 0. The monoisotopic (exact) mass is 394 g/mol. The van der Waals surface area contributed by atoms with E-state index in [0.717, 1.165) is 3.57 Å². The highest BCUT2D eigenvalue weighted by Crippen LogP contribution is 2.26. The van der Waals surface area contributed by atoms with E-state index in [9.17, 15) is 9.59 Å². The van der Waals surface area contributed by atoms with Crippen LogP contribution >= 0.6 is 22.6 Å². The second-order valence-electron chi connectivity index (χ2n) is 4.69. The van der Waals surface area contributed by atoms with Crippen molar-refractivity contribution in [3.8, 4) is 12.3 Å². The van der Waals surface area contributed by atoms with Gasteiger partial charge in [-0.3, -0.25) is 14.5 Å². The summed E-state index contributed by atoms with van der Waals surface area (Å²) in [5.74, 6) is 2.10. The Kier molecular flexibility index (Phi) is 5.15. The van der Waals surface area contributed by atoms with Crippen molar-refractivity contribution in [3.05, 3.63) is 40.5 Å². The maximum absolute atomic E-state index is 12.6. The molecule has 21 heavy (non-hydrogen) atoms. The van der Waals surface area contributed by atoms with Gasteiger partial charge in [-0.25, -0.2) is 4.90 Å². The number of halogens is 1. The standard InChI is InChI=1S/C16H15IN2O2/c1-3-9-18(10-4-2)14-11-15(20)19(16(14)21)13-7-5-12(17)6-8-13/h1,4-8,14H,2,9-11H2. The Bertz CT molecular complexity index is 604. The van der Waals surface area contributed by atoms with Crippen LogP contribution in [0.2, 0.25) is 0 Å². The number of rotatable bonds is 5. The van der Waals surface area contributed by atoms with Crippen molar-refractivity contribution in [2.24, 2.45) is 0 Å². The third-order valence-corrected chi connectivity index (χ3v) is 4.03. The third kappa shape index (κ3) is 3.34. The summed E-state index contributed by atoms with van der Waals surface area (Å²) in [5.41, 5.74) is 0.604. The number of benzene rings is 1. The fraction of sp³-hybridized carbons (Fsp3) is 0.250. The van der Waals surface area contributed by atoms with Gasteiger partial charge in [-0.1, -0.05) is 12.0 Å². The molecule has 108 valence electrons. The fourth-order valence-corrected chi connectivity index (χ4v) is 2.71. The lowest BCUT2D eigenvalue weighted by molar-refractivity contribution is -0.122. The molecule has 0 bridgehead atoms. The summed E-state index contributed by atoms with van der Waals surface area (Å²) >= 11 is 2.18. The minimum atomic E-state index is -0.508. The number of carbonyl (C=O) groups excluding carboxylic acids is 2. The molecule has 1 heterocycles. The molecule has 1 aliphatic rings. The number of hydrogen-bond donors (Lipinski definition) is 0. The second-order valence-corrected chi connectivity index (χ2v) is 5.93. The zero-order valence-corrected chi connectivity index (χ0v) is 13.6. The molecule has 4 nitrogen and oxygen atoms in total. The van der Waals surface area contributed by atoms with Crippen LogP contribution in [0.5, 0.6) is 0 Å². The molecule has 1 aromatic rings. The van der Waals surface area contributed by atoms with E-state index in [-0.39, 0.29) is 18.2 Å². The van der Waals surface area contributed by atoms with Gasteiger partial charge in [0.15, 0.2) is 0 Å². The molecule has 0 radical (unpaired) electrons. The van der Waals surface area contributed by atoms with E-state index in [1.54, 1.807) is 23.1 Å². The molecule has 0 aromatic heterocycles. The number of terminal acetylenes is 1. The molecular formula is C16H15IN2O2. The van der Waals surface area contributed by atoms with Gasteiger partial charge in [0.25, 0.3) is 5.91 Å². The van der Waals surface area contributed by atoms with Gasteiger partial charge in [-0.15, -0.1) is 13.0 Å². The third-order valence-electron chi connectivity index (χ3n) is 3.31. The maximum atomic E-state index is 12.6. The SMILES string of the molecule is C#CCN(CC=C)C1CC(=O)N(c2ccc(I)cc2)C1=O. The zero-order valence-electron chi connectivity index (χ0n) is 11.5. The first-order chi connectivity index (χ1) is 10.1. The quantitative estimate of drug-likeness (QED) is 0.332. The van der Waals surface area contributed by atoms with Crippen molar-refractivity contribution in [1.29, 1.82) is 0 Å². The van der Waals surface area contributed by atoms with Crippen LogP contribution in [0, 0.1) is 15.9 Å². The van der Waals surface area contributed by atoms with Crippen molar-refractivity contribution in [3.63, 3.8) is 0 Å². The van der Waals surface area contributed by atoms with Crippen LogP contribution < -0.4 is 4.90 Å². The largest absolute Gasteiger partial charge is 0.277 e. The minimum absolute atomic E-state index is 0.153. The van der Waals surface area contributed by atoms with Crippen molar-refractivity contribution < 1.29 is 9.59 Å². The van der Waals surface area contributed by atoms with Gasteiger partial charge in [0.1, 0.15) is 6.04 Å². The van der Waals surface area contributed by atoms with Crippen LogP contribution in [0.25, 0.3) is 0 Å². The summed E-state index contributed by atoms with van der Waals surface area (Å²) in [6.45, 7) is 4.46. The van der Waals surface area contributed by atoms with Crippen molar-refractivity contribution in [2.45, 2.75) is 12.5 Å². The topological polar surface area (TPSA) is 40.6 Å². The molecule has 2 rings (SSSR count). The molecule has 1 aliphatic heterocycles. The molecular weight excluding hydrogens is 379 g/mol. The Hall–Kier alpha value is -1.65. The van der Waals surface area contributed by atoms with E-state index in [0.29, 0.717) is 18.8 Å². The average molecular weight is 394 g/mol. The van der Waals surface area contributed by atoms with Crippen molar-refractivity contribution >= 4 is 40.1 Å². The summed E-state index contributed by atoms with van der Waals surface area (Å²) in [6, 6.07) is 6.78. The summed E-state index contributed by atoms with van der Waals surface area (Å²) < 4.78 is 1.05. The Labute approximate surface area is 137 Å². The van der Waals surface area contributed by atoms with Gasteiger partial charge >= 0.3 is 0 Å². The van der Waals surface area contributed by atoms with Crippen LogP contribution in [-0.4, -0.2) is 35.8 Å². The molecule has 1 aromatic carbocycles. The molecule has 1 atom stereocenters. The number of hydrogen-bond acceptors (Lipinski definition) is 3. The van der Waals surface area contributed by atoms with E-state index in [1.807, 2.05) is 12.1 Å². The summed E-state index contributed by atoms with van der Waals surface area (Å²) in [4.78, 5) is 27.8. The first-order valence-corrected chi connectivity index (χ1v) is 7.57. The van der Waals surface area contributed by atoms with Crippen molar-refractivity contribution in [1.82, 2.24) is 4.90 Å². The summed E-state index contributed by atoms with van der Waals surface area (Å²) in [5, 5.41) is 0. The zero-order chi connectivity index (χ0) is 15.4.